The fourth-order valence-electron chi connectivity index (χ4n) is 1.12. The van der Waals surface area contributed by atoms with Gasteiger partial charge in [-0.1, -0.05) is 0 Å². The predicted octanol–water partition coefficient (Wildman–Crippen LogP) is 1.11. The van der Waals surface area contributed by atoms with Gasteiger partial charge in [0.2, 0.25) is 5.65 Å². The molecule has 0 fully saturated rings. The lowest BCUT2D eigenvalue weighted by molar-refractivity contribution is -0.136. The highest BCUT2D eigenvalue weighted by Gasteiger charge is 2.05. The fraction of sp³-hybridized carbons (Fsp3) is 0.222. The number of aromatic nitrogens is 2. The Hall–Kier alpha value is -2.11. The molecule has 0 spiro atoms. The zero-order chi connectivity index (χ0) is 10.7. The molecule has 2 aromatic rings. The van der Waals surface area contributed by atoms with Gasteiger partial charge in [-0.25, -0.2) is 4.98 Å². The van der Waals surface area contributed by atoms with Crippen LogP contribution in [0.1, 0.15) is 6.42 Å². The van der Waals surface area contributed by atoms with E-state index in [0.717, 1.165) is 0 Å². The van der Waals surface area contributed by atoms with Crippen molar-refractivity contribution < 1.29 is 14.3 Å². The van der Waals surface area contributed by atoms with Crippen molar-refractivity contribution in [3.63, 3.8) is 0 Å². The molecule has 0 radical (unpaired) electrons. The Morgan fingerprint density at radius 3 is 3.20 bits per heavy atom. The highest BCUT2D eigenvalue weighted by Crippen LogP contribution is 2.15. The van der Waals surface area contributed by atoms with Crippen LogP contribution in [0.15, 0.2) is 22.7 Å². The van der Waals surface area contributed by atoms with Gasteiger partial charge in [0, 0.05) is 12.7 Å². The van der Waals surface area contributed by atoms with Crippen molar-refractivity contribution >= 4 is 23.2 Å². The first-order valence-electron chi connectivity index (χ1n) is 4.43. The number of pyridine rings is 1. The quantitative estimate of drug-likeness (QED) is 0.780. The number of aliphatic carboxylic acids is 1. The number of nitrogens with one attached hydrogen (secondary N) is 1. The molecule has 6 nitrogen and oxygen atoms in total. The minimum absolute atomic E-state index is 0.0200. The Balaban J connectivity index is 2.05. The maximum atomic E-state index is 10.3. The SMILES string of the molecule is O=C(O)CCNc1nc2ncccc2o1. The molecule has 0 aliphatic rings. The summed E-state index contributed by atoms with van der Waals surface area (Å²) in [7, 11) is 0. The highest BCUT2D eigenvalue weighted by molar-refractivity contribution is 5.70. The van der Waals surface area contributed by atoms with Crippen LogP contribution in [-0.2, 0) is 4.79 Å². The first-order chi connectivity index (χ1) is 7.25. The molecular weight excluding hydrogens is 198 g/mol. The molecule has 15 heavy (non-hydrogen) atoms. The zero-order valence-corrected chi connectivity index (χ0v) is 7.80. The molecular formula is C9H9N3O3. The minimum Gasteiger partial charge on any atom is -0.481 e. The second-order valence-corrected chi connectivity index (χ2v) is 2.91. The number of carboxylic acids is 1. The number of rotatable bonds is 4. The van der Waals surface area contributed by atoms with Gasteiger partial charge in [-0.3, -0.25) is 4.79 Å². The summed E-state index contributed by atoms with van der Waals surface area (Å²) in [6, 6.07) is 3.79. The molecule has 0 saturated heterocycles. The largest absolute Gasteiger partial charge is 0.481 e. The summed E-state index contributed by atoms with van der Waals surface area (Å²) in [5.74, 6) is -0.864. The van der Waals surface area contributed by atoms with E-state index in [2.05, 4.69) is 15.3 Å². The summed E-state index contributed by atoms with van der Waals surface area (Å²) in [4.78, 5) is 18.3. The lowest BCUT2D eigenvalue weighted by atomic mass is 10.4. The van der Waals surface area contributed by atoms with Gasteiger partial charge in [0.05, 0.1) is 6.42 Å². The molecule has 0 bridgehead atoms. The summed E-state index contributed by atoms with van der Waals surface area (Å²) in [6.45, 7) is 0.280. The van der Waals surface area contributed by atoms with Gasteiger partial charge < -0.3 is 14.8 Å². The lowest BCUT2D eigenvalue weighted by Crippen LogP contribution is -2.07. The topological polar surface area (TPSA) is 88.2 Å². The molecule has 78 valence electrons. The summed E-state index contributed by atoms with van der Waals surface area (Å²) >= 11 is 0. The fourth-order valence-corrected chi connectivity index (χ4v) is 1.12. The molecule has 0 aliphatic heterocycles. The molecule has 0 unspecified atom stereocenters. The zero-order valence-electron chi connectivity index (χ0n) is 7.80. The number of carboxylic acid groups (broad SMARTS) is 1. The van der Waals surface area contributed by atoms with Gasteiger partial charge in [-0.15, -0.1) is 0 Å². The maximum absolute atomic E-state index is 10.3. The molecule has 0 aliphatic carbocycles. The van der Waals surface area contributed by atoms with Crippen LogP contribution in [0.4, 0.5) is 6.01 Å². The van der Waals surface area contributed by atoms with Gasteiger partial charge >= 0.3 is 5.97 Å². The van der Waals surface area contributed by atoms with E-state index in [4.69, 9.17) is 9.52 Å². The third kappa shape index (κ3) is 2.22. The van der Waals surface area contributed by atoms with Gasteiger partial charge in [-0.05, 0) is 12.1 Å². The van der Waals surface area contributed by atoms with E-state index in [1.807, 2.05) is 0 Å². The third-order valence-corrected chi connectivity index (χ3v) is 1.78. The monoisotopic (exact) mass is 207 g/mol. The number of hydrogen-bond acceptors (Lipinski definition) is 5. The van der Waals surface area contributed by atoms with Crippen molar-refractivity contribution in [3.8, 4) is 0 Å². The molecule has 0 saturated carbocycles. The highest BCUT2D eigenvalue weighted by atomic mass is 16.4. The summed E-state index contributed by atoms with van der Waals surface area (Å²) in [6.07, 6.45) is 1.64. The summed E-state index contributed by atoms with van der Waals surface area (Å²) < 4.78 is 5.27. The average Bonchev–Trinajstić information content (AvgIpc) is 2.59. The minimum atomic E-state index is -0.864. The van der Waals surface area contributed by atoms with Crippen molar-refractivity contribution in [3.05, 3.63) is 18.3 Å². The molecule has 2 N–H and O–H groups in total. The van der Waals surface area contributed by atoms with Gasteiger partial charge in [0.15, 0.2) is 5.58 Å². The molecule has 0 aromatic carbocycles. The van der Waals surface area contributed by atoms with E-state index in [-0.39, 0.29) is 13.0 Å². The predicted molar refractivity (Wildman–Crippen MR) is 52.5 cm³/mol. The summed E-state index contributed by atoms with van der Waals surface area (Å²) in [5.41, 5.74) is 1.09. The number of anilines is 1. The third-order valence-electron chi connectivity index (χ3n) is 1.78. The standard InChI is InChI=1S/C9H9N3O3/c13-7(14)3-5-11-9-12-8-6(15-9)2-1-4-10-8/h1-2,4H,3,5H2,(H,13,14)(H,10,11,12). The first kappa shape index (κ1) is 9.45. The Morgan fingerprint density at radius 2 is 2.47 bits per heavy atom. The van der Waals surface area contributed by atoms with Crippen molar-refractivity contribution in [2.24, 2.45) is 0 Å². The van der Waals surface area contributed by atoms with Crippen molar-refractivity contribution in [1.29, 1.82) is 0 Å². The van der Waals surface area contributed by atoms with Gasteiger partial charge in [0.25, 0.3) is 6.01 Å². The van der Waals surface area contributed by atoms with Crippen LogP contribution in [-0.4, -0.2) is 27.6 Å². The van der Waals surface area contributed by atoms with Crippen LogP contribution in [0.25, 0.3) is 11.2 Å². The first-order valence-corrected chi connectivity index (χ1v) is 4.43. The van der Waals surface area contributed by atoms with E-state index in [0.29, 0.717) is 17.2 Å². The van der Waals surface area contributed by atoms with Crippen LogP contribution < -0.4 is 5.32 Å². The second kappa shape index (κ2) is 3.95. The summed E-state index contributed by atoms with van der Waals surface area (Å²) in [5, 5.41) is 11.2. The number of oxazole rings is 1. The molecule has 6 heteroatoms. The van der Waals surface area contributed by atoms with Crippen molar-refractivity contribution in [2.75, 3.05) is 11.9 Å². The Kier molecular flexibility index (Phi) is 2.49. The van der Waals surface area contributed by atoms with Gasteiger partial charge in [0.1, 0.15) is 0 Å². The van der Waals surface area contributed by atoms with Crippen LogP contribution in [0, 0.1) is 0 Å². The van der Waals surface area contributed by atoms with Crippen molar-refractivity contribution in [1.82, 2.24) is 9.97 Å². The lowest BCUT2D eigenvalue weighted by Gasteiger charge is -1.96. The Morgan fingerprint density at radius 1 is 1.60 bits per heavy atom. The van der Waals surface area contributed by atoms with Crippen LogP contribution in [0.2, 0.25) is 0 Å². The smallest absolute Gasteiger partial charge is 0.305 e. The number of carbonyl (C=O) groups is 1. The van der Waals surface area contributed by atoms with Crippen LogP contribution >= 0.6 is 0 Å². The molecule has 0 atom stereocenters. The van der Waals surface area contributed by atoms with Crippen LogP contribution in [0.3, 0.4) is 0 Å². The molecule has 2 aromatic heterocycles. The molecule has 0 amide bonds. The normalized spacial score (nSPS) is 10.4. The van der Waals surface area contributed by atoms with E-state index in [1.54, 1.807) is 18.3 Å². The van der Waals surface area contributed by atoms with Crippen LogP contribution in [0.5, 0.6) is 0 Å². The van der Waals surface area contributed by atoms with E-state index >= 15 is 0 Å². The maximum Gasteiger partial charge on any atom is 0.305 e. The molecule has 2 rings (SSSR count). The van der Waals surface area contributed by atoms with E-state index < -0.39 is 5.97 Å². The molecule has 2 heterocycles. The number of fused-ring (bicyclic) bond motifs is 1. The van der Waals surface area contributed by atoms with Crippen molar-refractivity contribution in [2.45, 2.75) is 6.42 Å². The van der Waals surface area contributed by atoms with E-state index in [9.17, 15) is 4.79 Å². The number of nitrogens with zero attached hydrogens (tertiary/aromatic N) is 2. The van der Waals surface area contributed by atoms with E-state index in [1.165, 1.54) is 0 Å². The Labute approximate surface area is 84.9 Å². The second-order valence-electron chi connectivity index (χ2n) is 2.91. The number of hydrogen-bond donors (Lipinski definition) is 2. The Bertz CT molecular complexity index is 447. The average molecular weight is 207 g/mol. The van der Waals surface area contributed by atoms with Gasteiger partial charge in [-0.2, -0.15) is 4.98 Å².